The SMILES string of the molecule is COC(=O)[C@@H]1Cc2ccc(cc2)OCc2cn(nn2)C2CCN(C(=O)[C@@H](NC(=O)[C@H](C)N(C)C(=O)OC(C)(C)C)C(C)(C)C)[C@@H]2C(=O)N[C@@H](Cc2ccc3ccccc3c2)C(=O)N[C@H](/C(N)=N/O)Cc2ccc(cc2)OCc2cn(nn2)[C@@H]2CCN(C(=O)[C@@H](NC(=O)[C@H](C)N(C)C(=O)OC(C)(C)C)C(C)(C)C)[C@@H]2C(=O)N[C@@H](Cc2ccc3ccccc3c2)C(=O)N1. The number of amides is 10. The molecule has 8 heterocycles. The standard InChI is InChI=1S/C91H116N18O17/c1-52(104(15)86(119)125-90(9,10)11)77(110)97-74(88(3,4)5)83(116)106-40-38-70-72(106)81(114)94-67(46-56-26-32-58-22-18-20-24-60(58)42-56)79(112)93-66(76(92)101-121)44-54-28-34-64(35-29-54)123-50-62-48-109(103-99-62)71-39-41-107(84(117)75(89(6,7)8)98-78(111)53(2)105(16)87(120)126-91(12,13)14)73(71)82(115)95-68(47-57-27-33-59-23-19-21-25-61(59)43-57)80(113)96-69(85(118)122-17)45-55-30-36-65(37-31-55)124-51-63-49-108(70)102-100-63/h18-37,42-43,48-49,52-53,66-75,121H,38-41,44-47,50-51H2,1-17H3,(H2,92,101)(H,93,112)(H,94,114)(H,95,115)(H,96,113)(H,97,110)(H,98,111)/t52-,53-,66-,67-,68-,69-,70?,71+,72-,73-,74+,75+/m0/s1. The predicted molar refractivity (Wildman–Crippen MR) is 465 cm³/mol. The number of amidine groups is 1. The van der Waals surface area contributed by atoms with Crippen LogP contribution >= 0.6 is 0 Å². The molecule has 9 N–H and O–H groups in total. The molecule has 2 aromatic heterocycles. The van der Waals surface area contributed by atoms with E-state index < -0.39 is 160 Å². The van der Waals surface area contributed by atoms with Gasteiger partial charge in [-0.2, -0.15) is 0 Å². The number of fused-ring (bicyclic) bond motifs is 2. The second kappa shape index (κ2) is 39.3. The molecular weight excluding hydrogens is 1620 g/mol. The summed E-state index contributed by atoms with van der Waals surface area (Å²) in [7, 11) is 3.99. The fraction of sp³-hybridized carbons (Fsp3) is 0.473. The van der Waals surface area contributed by atoms with Crippen LogP contribution in [0, 0.1) is 10.8 Å². The Kier molecular flexibility index (Phi) is 29.2. The lowest BCUT2D eigenvalue weighted by molar-refractivity contribution is -0.146. The van der Waals surface area contributed by atoms with Gasteiger partial charge in [0, 0.05) is 46.4 Å². The number of nitrogens with one attached hydrogen (secondary N) is 6. The molecule has 0 spiro atoms. The van der Waals surface area contributed by atoms with Crippen LogP contribution in [0.25, 0.3) is 21.5 Å². The Labute approximate surface area is 731 Å². The number of likely N-dealkylation sites (tertiary alicyclic amines) is 2. The normalized spacial score (nSPS) is 20.7. The van der Waals surface area contributed by atoms with Crippen molar-refractivity contribution < 1.29 is 81.6 Å². The van der Waals surface area contributed by atoms with E-state index in [2.05, 4.69) is 57.7 Å². The van der Waals surface area contributed by atoms with Gasteiger partial charge in [0.05, 0.1) is 37.6 Å². The van der Waals surface area contributed by atoms with Gasteiger partial charge in [-0.25, -0.2) is 23.7 Å². The van der Waals surface area contributed by atoms with Gasteiger partial charge in [-0.3, -0.25) is 48.2 Å². The number of carbonyl (C=O) groups excluding carboxylic acids is 11. The van der Waals surface area contributed by atoms with Gasteiger partial charge < -0.3 is 76.3 Å². The van der Waals surface area contributed by atoms with Crippen molar-refractivity contribution in [3.05, 3.63) is 179 Å². The lowest BCUT2D eigenvalue weighted by Gasteiger charge is -2.37. The Morgan fingerprint density at radius 1 is 0.532 bits per heavy atom. The van der Waals surface area contributed by atoms with Gasteiger partial charge in [0.15, 0.2) is 5.84 Å². The third-order valence-electron chi connectivity index (χ3n) is 22.6. The van der Waals surface area contributed by atoms with Gasteiger partial charge in [-0.15, -0.1) is 10.2 Å². The van der Waals surface area contributed by atoms with Crippen molar-refractivity contribution >= 4 is 92.8 Å². The van der Waals surface area contributed by atoms with Crippen LogP contribution in [0.15, 0.2) is 151 Å². The molecule has 35 heteroatoms. The van der Waals surface area contributed by atoms with E-state index in [0.29, 0.717) is 33.8 Å². The van der Waals surface area contributed by atoms with E-state index in [-0.39, 0.29) is 82.1 Å². The number of likely N-dealkylation sites (N-methyl/N-ethyl adjacent to an activating group) is 2. The summed E-state index contributed by atoms with van der Waals surface area (Å²) in [5.41, 5.74) is 5.53. The van der Waals surface area contributed by atoms with Crippen LogP contribution in [-0.4, -0.2) is 232 Å². The molecule has 6 aliphatic rings. The monoisotopic (exact) mass is 1730 g/mol. The van der Waals surface area contributed by atoms with Crippen molar-refractivity contribution in [2.45, 2.75) is 232 Å². The van der Waals surface area contributed by atoms with Crippen LogP contribution in [0.3, 0.4) is 0 Å². The number of hydrogen-bond donors (Lipinski definition) is 8. The van der Waals surface area contributed by atoms with Gasteiger partial charge in [0.1, 0.15) is 102 Å². The molecule has 672 valence electrons. The summed E-state index contributed by atoms with van der Waals surface area (Å²) in [6.45, 7) is 23.1. The Morgan fingerprint density at radius 3 is 1.27 bits per heavy atom. The van der Waals surface area contributed by atoms with Crippen molar-refractivity contribution in [1.29, 1.82) is 0 Å². The number of rotatable bonds is 14. The molecule has 2 fully saturated rings. The molecule has 12 atom stereocenters. The van der Waals surface area contributed by atoms with Crippen LogP contribution in [0.1, 0.15) is 155 Å². The largest absolute Gasteiger partial charge is 0.487 e. The van der Waals surface area contributed by atoms with Crippen LogP contribution in [-0.2, 0) is 96.3 Å². The molecule has 35 nitrogen and oxygen atoms in total. The number of oxime groups is 1. The van der Waals surface area contributed by atoms with Crippen LogP contribution < -0.4 is 47.1 Å². The average Bonchev–Trinajstić information content (AvgIpc) is 1.61. The molecular formula is C91H116N18O17. The first kappa shape index (κ1) is 93.5. The first-order chi connectivity index (χ1) is 59.4. The Balaban J connectivity index is 0.950. The minimum absolute atomic E-state index is 0.0658. The van der Waals surface area contributed by atoms with E-state index in [9.17, 15) is 29.2 Å². The summed E-state index contributed by atoms with van der Waals surface area (Å²) in [5.74, 6) is -6.41. The van der Waals surface area contributed by atoms with Crippen LogP contribution in [0.5, 0.6) is 11.5 Å². The lowest BCUT2D eigenvalue weighted by Crippen LogP contribution is -2.62. The summed E-state index contributed by atoms with van der Waals surface area (Å²) in [6.07, 6.45) is 1.34. The van der Waals surface area contributed by atoms with Crippen molar-refractivity contribution in [3.63, 3.8) is 0 Å². The number of ether oxygens (including phenoxy) is 5. The molecule has 0 aliphatic carbocycles. The van der Waals surface area contributed by atoms with Crippen molar-refractivity contribution in [2.24, 2.45) is 21.7 Å². The smallest absolute Gasteiger partial charge is 0.410 e. The fourth-order valence-corrected chi connectivity index (χ4v) is 15.4. The van der Waals surface area contributed by atoms with E-state index in [4.69, 9.17) is 29.4 Å². The number of methoxy groups -OCH3 is 1. The average molecular weight is 1730 g/mol. The quantitative estimate of drug-likeness (QED) is 0.0132. The maximum atomic E-state index is 15.9. The lowest BCUT2D eigenvalue weighted by atomic mass is 9.85. The van der Waals surface area contributed by atoms with Crippen LogP contribution in [0.4, 0.5) is 9.59 Å². The fourth-order valence-electron chi connectivity index (χ4n) is 15.4. The first-order valence-corrected chi connectivity index (χ1v) is 42.0. The summed E-state index contributed by atoms with van der Waals surface area (Å²) >= 11 is 0. The van der Waals surface area contributed by atoms with E-state index in [0.717, 1.165) is 31.3 Å². The number of nitrogens with two attached hydrogens (primary N) is 1. The van der Waals surface area contributed by atoms with Gasteiger partial charge in [0.25, 0.3) is 0 Å². The summed E-state index contributed by atoms with van der Waals surface area (Å²) in [4.78, 5) is 168. The molecule has 2 saturated heterocycles. The molecule has 6 aromatic carbocycles. The zero-order valence-corrected chi connectivity index (χ0v) is 74.3. The highest BCUT2D eigenvalue weighted by Crippen LogP contribution is 2.36. The molecule has 126 heavy (non-hydrogen) atoms. The molecule has 10 amide bonds. The van der Waals surface area contributed by atoms with Gasteiger partial charge in [-0.05, 0) is 154 Å². The topological polar surface area (TPSA) is 439 Å². The molecule has 0 radical (unpaired) electrons. The molecule has 8 bridgehead atoms. The number of esters is 1. The second-order valence-corrected chi connectivity index (χ2v) is 36.5. The third kappa shape index (κ3) is 23.4. The molecule has 0 saturated carbocycles. The highest BCUT2D eigenvalue weighted by atomic mass is 16.6. The van der Waals surface area contributed by atoms with E-state index >= 15 is 28.8 Å². The zero-order valence-electron chi connectivity index (χ0n) is 74.3. The summed E-state index contributed by atoms with van der Waals surface area (Å²) in [6, 6.07) is 24.5. The molecule has 6 aliphatic heterocycles. The van der Waals surface area contributed by atoms with Crippen molar-refractivity contribution in [1.82, 2.24) is 81.5 Å². The van der Waals surface area contributed by atoms with Gasteiger partial charge in [-0.1, -0.05) is 166 Å². The number of carbonyl (C=O) groups is 11. The predicted octanol–water partition coefficient (Wildman–Crippen LogP) is 7.33. The zero-order chi connectivity index (χ0) is 91.6. The van der Waals surface area contributed by atoms with E-state index in [1.54, 1.807) is 144 Å². The number of aromatic nitrogens is 6. The Bertz CT molecular complexity index is 5340. The minimum atomic E-state index is -1.46. The van der Waals surface area contributed by atoms with Crippen LogP contribution in [0.2, 0.25) is 0 Å². The number of nitrogens with zero attached hydrogens (tertiary/aromatic N) is 11. The number of hydrogen-bond acceptors (Lipinski definition) is 22. The highest BCUT2D eigenvalue weighted by molar-refractivity contribution is 6.00. The Hall–Kier alpha value is -13.2. The van der Waals surface area contributed by atoms with E-state index in [1.807, 2.05) is 84.9 Å². The summed E-state index contributed by atoms with van der Waals surface area (Å²) < 4.78 is 31.9. The van der Waals surface area contributed by atoms with E-state index in [1.165, 1.54) is 54.2 Å². The number of benzene rings is 6. The summed E-state index contributed by atoms with van der Waals surface area (Å²) in [5, 5.41) is 52.6. The molecule has 14 rings (SSSR count). The first-order valence-electron chi connectivity index (χ1n) is 42.0. The third-order valence-corrected chi connectivity index (χ3v) is 22.6. The second-order valence-electron chi connectivity index (χ2n) is 36.5. The maximum Gasteiger partial charge on any atom is 0.410 e. The van der Waals surface area contributed by atoms with Gasteiger partial charge >= 0.3 is 18.2 Å². The Morgan fingerprint density at radius 2 is 0.905 bits per heavy atom. The molecule has 1 unspecified atom stereocenters. The van der Waals surface area contributed by atoms with Crippen molar-refractivity contribution in [3.8, 4) is 11.5 Å². The highest BCUT2D eigenvalue weighted by Gasteiger charge is 2.51. The molecule has 8 aromatic rings. The van der Waals surface area contributed by atoms with Gasteiger partial charge in [0.2, 0.25) is 47.3 Å². The van der Waals surface area contributed by atoms with Crippen molar-refractivity contribution in [2.75, 3.05) is 34.3 Å². The maximum absolute atomic E-state index is 15.9. The minimum Gasteiger partial charge on any atom is -0.487 e.